The monoisotopic (exact) mass is 225 g/mol. The molecule has 10 heteroatoms. The molecule has 0 unspecified atom stereocenters. The molecule has 0 heterocycles. The third-order valence-corrected chi connectivity index (χ3v) is 1.86. The molecular weight excluding hydrogens is 220 g/mol. The van der Waals surface area contributed by atoms with Gasteiger partial charge in [0.25, 0.3) is 0 Å². The third kappa shape index (κ3) is 1.37. The number of benzene rings is 1. The average molecular weight is 225 g/mol. The van der Waals surface area contributed by atoms with Crippen LogP contribution >= 0.6 is 0 Å². The molecule has 1 aromatic carbocycles. The molecule has 0 atom stereocenters. The molecule has 10 nitrogen and oxygen atoms in total. The van der Waals surface area contributed by atoms with E-state index in [1.807, 2.05) is 0 Å². The minimum atomic E-state index is -0.979. The lowest BCUT2D eigenvalue weighted by Crippen LogP contribution is -2.02. The maximum atomic E-state index is 10.6. The Morgan fingerprint density at radius 1 is 1.12 bits per heavy atom. The van der Waals surface area contributed by atoms with Crippen LogP contribution in [0.5, 0.6) is 0 Å². The summed E-state index contributed by atoms with van der Waals surface area (Å²) >= 11 is 0. The van der Waals surface area contributed by atoms with Crippen molar-refractivity contribution >= 4 is 34.1 Å². The fraction of sp³-hybridized carbons (Fsp3) is 0. The van der Waals surface area contributed by atoms with Crippen LogP contribution in [0.15, 0.2) is 10.4 Å². The predicted octanol–water partition coefficient (Wildman–Crippen LogP) is 1.47. The van der Waals surface area contributed by atoms with Crippen LogP contribution in [-0.4, -0.2) is 4.92 Å². The Kier molecular flexibility index (Phi) is 2.66. The third-order valence-electron chi connectivity index (χ3n) is 1.86. The van der Waals surface area contributed by atoms with Crippen molar-refractivity contribution in [3.63, 3.8) is 0 Å². The van der Waals surface area contributed by atoms with Gasteiger partial charge in [-0.05, 0) is 10.4 Å². The van der Waals surface area contributed by atoms with E-state index in [2.05, 4.69) is 10.4 Å². The number of anilines is 2. The van der Waals surface area contributed by atoms with Gasteiger partial charge in [-0.25, -0.2) is 0 Å². The van der Waals surface area contributed by atoms with Crippen LogP contribution in [0.3, 0.4) is 0 Å². The summed E-state index contributed by atoms with van der Waals surface area (Å²) in [5, 5.41) is 15.3. The highest BCUT2D eigenvalue weighted by Crippen LogP contribution is 2.49. The summed E-state index contributed by atoms with van der Waals surface area (Å²) in [7, 11) is 0. The van der Waals surface area contributed by atoms with Gasteiger partial charge in [-0.2, -0.15) is 0 Å². The zero-order valence-electron chi connectivity index (χ0n) is 7.63. The van der Waals surface area contributed by atoms with Crippen molar-refractivity contribution in [3.05, 3.63) is 19.9 Å². The minimum absolute atomic E-state index is 0.657. The minimum Gasteiger partial charge on any atom is -0.391 e. The van der Waals surface area contributed by atoms with Gasteiger partial charge in [-0.1, -0.05) is 0 Å². The Bertz CT molecular complexity index is 463. The molecule has 0 saturated carbocycles. The van der Waals surface area contributed by atoms with Crippen LogP contribution in [0, 0.1) is 19.9 Å². The summed E-state index contributed by atoms with van der Waals surface area (Å²) in [6.07, 6.45) is 0. The van der Waals surface area contributed by atoms with Crippen LogP contribution < -0.4 is 17.2 Å². The molecule has 1 aromatic rings. The number of nitrogens with two attached hydrogens (primary N) is 2. The Morgan fingerprint density at radius 2 is 1.50 bits per heavy atom. The van der Waals surface area contributed by atoms with Crippen LogP contribution in [0.4, 0.5) is 34.1 Å². The fourth-order valence-electron chi connectivity index (χ4n) is 1.14. The zero-order chi connectivity index (χ0) is 12.5. The van der Waals surface area contributed by atoms with Crippen LogP contribution in [0.1, 0.15) is 0 Å². The molecular formula is C6H5N6O4. The van der Waals surface area contributed by atoms with E-state index in [4.69, 9.17) is 17.2 Å². The number of hydrogen-bond acceptors (Lipinski definition) is 8. The first kappa shape index (κ1) is 11.3. The number of nitro groups is 1. The highest BCUT2D eigenvalue weighted by molar-refractivity contribution is 5.99. The van der Waals surface area contributed by atoms with Crippen molar-refractivity contribution in [3.8, 4) is 0 Å². The molecule has 83 valence electrons. The van der Waals surface area contributed by atoms with E-state index in [-0.39, 0.29) is 0 Å². The van der Waals surface area contributed by atoms with E-state index in [9.17, 15) is 19.9 Å². The highest BCUT2D eigenvalue weighted by Gasteiger charge is 2.28. The molecule has 0 aliphatic heterocycles. The zero-order valence-corrected chi connectivity index (χ0v) is 7.63. The van der Waals surface area contributed by atoms with Crippen molar-refractivity contribution in [2.24, 2.45) is 10.4 Å². The Balaban J connectivity index is 3.83. The van der Waals surface area contributed by atoms with Gasteiger partial charge in [-0.3, -0.25) is 15.8 Å². The van der Waals surface area contributed by atoms with E-state index in [0.717, 1.165) is 0 Å². The van der Waals surface area contributed by atoms with Crippen LogP contribution in [0.25, 0.3) is 0 Å². The van der Waals surface area contributed by atoms with Crippen molar-refractivity contribution in [2.75, 3.05) is 11.5 Å². The van der Waals surface area contributed by atoms with Crippen molar-refractivity contribution < 1.29 is 4.92 Å². The molecule has 0 amide bonds. The molecule has 0 aliphatic rings. The maximum absolute atomic E-state index is 10.6. The first-order chi connectivity index (χ1) is 7.45. The number of rotatable bonds is 3. The van der Waals surface area contributed by atoms with Gasteiger partial charge < -0.3 is 11.5 Å². The smallest absolute Gasteiger partial charge is 0.319 e. The lowest BCUT2D eigenvalue weighted by atomic mass is 10.1. The second kappa shape index (κ2) is 3.76. The maximum Gasteiger partial charge on any atom is 0.319 e. The van der Waals surface area contributed by atoms with Gasteiger partial charge in [0.1, 0.15) is 17.1 Å². The van der Waals surface area contributed by atoms with Crippen molar-refractivity contribution in [2.45, 2.75) is 0 Å². The SMILES string of the molecule is [NH]c1c(N=O)c(N)c([N+](=O)[O-])c(N)c1N=O. The Morgan fingerprint density at radius 3 is 1.75 bits per heavy atom. The fourth-order valence-corrected chi connectivity index (χ4v) is 1.14. The number of nitrogens with one attached hydrogen (secondary N) is 1. The van der Waals surface area contributed by atoms with Crippen LogP contribution in [0.2, 0.25) is 0 Å². The first-order valence-electron chi connectivity index (χ1n) is 3.73. The number of nitroso groups, excluding NO2 is 2. The molecule has 0 fully saturated rings. The van der Waals surface area contributed by atoms with Crippen molar-refractivity contribution in [1.29, 1.82) is 0 Å². The number of hydrogen-bond donors (Lipinski definition) is 2. The molecule has 0 aliphatic carbocycles. The summed E-state index contributed by atoms with van der Waals surface area (Å²) in [5.74, 6) is 0. The van der Waals surface area contributed by atoms with E-state index in [1.54, 1.807) is 0 Å². The van der Waals surface area contributed by atoms with Gasteiger partial charge in [0.15, 0.2) is 11.4 Å². The Hall–Kier alpha value is -2.78. The van der Waals surface area contributed by atoms with Gasteiger partial charge in [0.2, 0.25) is 0 Å². The number of nitro benzene ring substituents is 1. The molecule has 16 heavy (non-hydrogen) atoms. The lowest BCUT2D eigenvalue weighted by Gasteiger charge is -2.06. The summed E-state index contributed by atoms with van der Waals surface area (Å²) in [4.78, 5) is 30.3. The summed E-state index contributed by atoms with van der Waals surface area (Å²) < 4.78 is 0. The van der Waals surface area contributed by atoms with Gasteiger partial charge in [-0.15, -0.1) is 9.81 Å². The van der Waals surface area contributed by atoms with E-state index >= 15 is 0 Å². The topological polar surface area (TPSA) is 178 Å². The Labute approximate surface area is 87.5 Å². The summed E-state index contributed by atoms with van der Waals surface area (Å²) in [5.41, 5.74) is 13.4. The lowest BCUT2D eigenvalue weighted by molar-refractivity contribution is -0.382. The van der Waals surface area contributed by atoms with Crippen LogP contribution in [-0.2, 0) is 0 Å². The molecule has 1 radical (unpaired) electrons. The molecule has 0 aromatic heterocycles. The van der Waals surface area contributed by atoms with Gasteiger partial charge in [0, 0.05) is 0 Å². The normalized spacial score (nSPS) is 9.75. The predicted molar refractivity (Wildman–Crippen MR) is 55.6 cm³/mol. The highest BCUT2D eigenvalue weighted by atomic mass is 16.6. The molecule has 0 bridgehead atoms. The molecule has 0 saturated heterocycles. The summed E-state index contributed by atoms with van der Waals surface area (Å²) in [6.45, 7) is 0. The standard InChI is InChI=1S/C6H5N6O4/c7-1-4(10-13)2(8)6(12(15)16)3(9)5(1)11-14/h7H,8-9H2. The molecule has 5 N–H and O–H groups in total. The second-order valence-corrected chi connectivity index (χ2v) is 2.69. The summed E-state index contributed by atoms with van der Waals surface area (Å²) in [6, 6.07) is 0. The largest absolute Gasteiger partial charge is 0.391 e. The molecule has 0 spiro atoms. The number of nitrogen functional groups attached to an aromatic ring is 2. The van der Waals surface area contributed by atoms with E-state index in [1.165, 1.54) is 0 Å². The van der Waals surface area contributed by atoms with Crippen molar-refractivity contribution in [1.82, 2.24) is 5.73 Å². The van der Waals surface area contributed by atoms with Gasteiger partial charge in [0.05, 0.1) is 4.92 Å². The number of nitrogens with zero attached hydrogens (tertiary/aromatic N) is 3. The van der Waals surface area contributed by atoms with E-state index < -0.39 is 39.0 Å². The first-order valence-corrected chi connectivity index (χ1v) is 3.73. The second-order valence-electron chi connectivity index (χ2n) is 2.69. The quantitative estimate of drug-likeness (QED) is 0.340. The molecule has 1 rings (SSSR count). The van der Waals surface area contributed by atoms with Gasteiger partial charge >= 0.3 is 5.69 Å². The van der Waals surface area contributed by atoms with E-state index in [0.29, 0.717) is 0 Å². The average Bonchev–Trinajstić information content (AvgIpc) is 2.18.